The number of amides is 1. The van der Waals surface area contributed by atoms with Crippen LogP contribution >= 0.6 is 12.0 Å². The van der Waals surface area contributed by atoms with E-state index in [9.17, 15) is 9.18 Å². The fourth-order valence-electron chi connectivity index (χ4n) is 4.35. The molecule has 0 radical (unpaired) electrons. The summed E-state index contributed by atoms with van der Waals surface area (Å²) in [5.74, 6) is 1.63. The summed E-state index contributed by atoms with van der Waals surface area (Å²) in [5.41, 5.74) is 0.562. The summed E-state index contributed by atoms with van der Waals surface area (Å²) in [6.45, 7) is 6.38. The minimum atomic E-state index is -0.295. The lowest BCUT2D eigenvalue weighted by Crippen LogP contribution is -2.39. The number of carbonyl (C=O) groups excluding carboxylic acids is 1. The minimum absolute atomic E-state index is 0.116. The van der Waals surface area contributed by atoms with Crippen LogP contribution in [-0.4, -0.2) is 55.4 Å². The van der Waals surface area contributed by atoms with Crippen LogP contribution in [0.1, 0.15) is 56.6 Å². The molecule has 1 amide bonds. The molecule has 2 aromatic rings. The van der Waals surface area contributed by atoms with Crippen molar-refractivity contribution in [3.8, 4) is 0 Å². The number of likely N-dealkylation sites (tertiary alicyclic amines) is 1. The standard InChI is InChI=1S/C23H30FN3O5S/c1-15(2)30-23(28)26-9-6-16(7-10-26)21-13-25-22(31-21)17-8-11-27(14-17)20-5-4-18(12-19(20)24)33-32-29-3/h4-5,12-13,15-17H,6-11,14H2,1-3H3/t17-/m0/s1. The monoisotopic (exact) mass is 479 g/mol. The molecule has 2 saturated heterocycles. The van der Waals surface area contributed by atoms with E-state index in [0.29, 0.717) is 36.1 Å². The summed E-state index contributed by atoms with van der Waals surface area (Å²) >= 11 is 0.969. The molecule has 1 atom stereocenters. The molecule has 3 heterocycles. The first-order valence-corrected chi connectivity index (χ1v) is 12.0. The highest BCUT2D eigenvalue weighted by molar-refractivity contribution is 7.94. The number of piperidine rings is 1. The molecule has 180 valence electrons. The van der Waals surface area contributed by atoms with Crippen LogP contribution in [0.2, 0.25) is 0 Å². The summed E-state index contributed by atoms with van der Waals surface area (Å²) in [7, 11) is 1.41. The second kappa shape index (κ2) is 10.8. The number of oxazole rings is 1. The van der Waals surface area contributed by atoms with Crippen LogP contribution in [-0.2, 0) is 14.0 Å². The lowest BCUT2D eigenvalue weighted by atomic mass is 9.95. The molecule has 2 aliphatic rings. The predicted octanol–water partition coefficient (Wildman–Crippen LogP) is 5.12. The van der Waals surface area contributed by atoms with Crippen molar-refractivity contribution in [2.45, 2.75) is 55.9 Å². The van der Waals surface area contributed by atoms with Crippen molar-refractivity contribution in [1.82, 2.24) is 9.88 Å². The Kier molecular flexibility index (Phi) is 7.77. The molecular weight excluding hydrogens is 449 g/mol. The van der Waals surface area contributed by atoms with Gasteiger partial charge < -0.3 is 19.0 Å². The fraction of sp³-hybridized carbons (Fsp3) is 0.565. The van der Waals surface area contributed by atoms with Gasteiger partial charge in [0.05, 0.1) is 43.1 Å². The number of halogens is 1. The Morgan fingerprint density at radius 2 is 1.97 bits per heavy atom. The van der Waals surface area contributed by atoms with E-state index in [2.05, 4.69) is 9.87 Å². The first-order valence-electron chi connectivity index (χ1n) is 11.3. The molecule has 2 aliphatic heterocycles. The molecule has 8 nitrogen and oxygen atoms in total. The van der Waals surface area contributed by atoms with Crippen LogP contribution < -0.4 is 4.90 Å². The second-order valence-electron chi connectivity index (χ2n) is 8.66. The van der Waals surface area contributed by atoms with Crippen molar-refractivity contribution in [2.75, 3.05) is 38.2 Å². The first kappa shape index (κ1) is 23.8. The van der Waals surface area contributed by atoms with Crippen molar-refractivity contribution in [1.29, 1.82) is 0 Å². The molecule has 33 heavy (non-hydrogen) atoms. The Labute approximate surface area is 197 Å². The number of aromatic nitrogens is 1. The Bertz CT molecular complexity index is 948. The Morgan fingerprint density at radius 3 is 2.67 bits per heavy atom. The molecular formula is C23H30FN3O5S. The quantitative estimate of drug-likeness (QED) is 0.308. The number of anilines is 1. The van der Waals surface area contributed by atoms with Crippen LogP contribution in [0.3, 0.4) is 0 Å². The van der Waals surface area contributed by atoms with Gasteiger partial charge in [-0.1, -0.05) is 0 Å². The zero-order valence-electron chi connectivity index (χ0n) is 19.2. The lowest BCUT2D eigenvalue weighted by molar-refractivity contribution is -0.160. The van der Waals surface area contributed by atoms with Crippen molar-refractivity contribution in [2.24, 2.45) is 0 Å². The first-order chi connectivity index (χ1) is 15.9. The van der Waals surface area contributed by atoms with Crippen LogP contribution in [0, 0.1) is 5.82 Å². The second-order valence-corrected chi connectivity index (χ2v) is 9.43. The number of rotatable bonds is 7. The molecule has 0 spiro atoms. The van der Waals surface area contributed by atoms with E-state index in [0.717, 1.165) is 43.6 Å². The van der Waals surface area contributed by atoms with E-state index >= 15 is 0 Å². The number of hydrogen-bond acceptors (Lipinski definition) is 8. The minimum Gasteiger partial charge on any atom is -0.447 e. The third-order valence-electron chi connectivity index (χ3n) is 6.03. The number of nitrogens with zero attached hydrogens (tertiary/aromatic N) is 3. The van der Waals surface area contributed by atoms with E-state index < -0.39 is 0 Å². The van der Waals surface area contributed by atoms with Gasteiger partial charge in [-0.15, -0.1) is 0 Å². The SMILES string of the molecule is COOSc1ccc(N2CC[C@H](c3ncc(C4CCN(C(=O)OC(C)C)CC4)o3)C2)c(F)c1. The highest BCUT2D eigenvalue weighted by Crippen LogP contribution is 2.36. The van der Waals surface area contributed by atoms with Gasteiger partial charge in [0.25, 0.3) is 0 Å². The normalized spacial score (nSPS) is 19.5. The third-order valence-corrected chi connectivity index (χ3v) is 6.68. The number of carbonyl (C=O) groups is 1. The molecule has 0 bridgehead atoms. The molecule has 0 saturated carbocycles. The largest absolute Gasteiger partial charge is 0.447 e. The van der Waals surface area contributed by atoms with Gasteiger partial charge >= 0.3 is 6.09 Å². The highest BCUT2D eigenvalue weighted by Gasteiger charge is 2.31. The predicted molar refractivity (Wildman–Crippen MR) is 122 cm³/mol. The topological polar surface area (TPSA) is 77.3 Å². The van der Waals surface area contributed by atoms with E-state index in [1.54, 1.807) is 11.0 Å². The van der Waals surface area contributed by atoms with Gasteiger partial charge in [-0.05, 0) is 51.3 Å². The van der Waals surface area contributed by atoms with Crippen molar-refractivity contribution in [3.05, 3.63) is 41.9 Å². The van der Waals surface area contributed by atoms with E-state index in [1.807, 2.05) is 31.0 Å². The van der Waals surface area contributed by atoms with Gasteiger partial charge in [0.15, 0.2) is 5.89 Å². The summed E-state index contributed by atoms with van der Waals surface area (Å²) in [4.78, 5) is 25.6. The number of hydrogen-bond donors (Lipinski definition) is 0. The van der Waals surface area contributed by atoms with E-state index in [1.165, 1.54) is 13.2 Å². The van der Waals surface area contributed by atoms with Crippen LogP contribution in [0.15, 0.2) is 33.7 Å². The van der Waals surface area contributed by atoms with E-state index in [-0.39, 0.29) is 29.9 Å². The lowest BCUT2D eigenvalue weighted by Gasteiger charge is -2.30. The maximum Gasteiger partial charge on any atom is 0.410 e. The number of benzene rings is 1. The fourth-order valence-corrected chi connectivity index (χ4v) is 4.77. The summed E-state index contributed by atoms with van der Waals surface area (Å²) in [6.07, 6.45) is 3.93. The summed E-state index contributed by atoms with van der Waals surface area (Å²) in [6, 6.07) is 5.01. The van der Waals surface area contributed by atoms with Crippen molar-refractivity contribution in [3.63, 3.8) is 0 Å². The van der Waals surface area contributed by atoms with Crippen molar-refractivity contribution < 1.29 is 27.6 Å². The average Bonchev–Trinajstić information content (AvgIpc) is 3.47. The average molecular weight is 480 g/mol. The van der Waals surface area contributed by atoms with Crippen LogP contribution in [0.4, 0.5) is 14.9 Å². The smallest absolute Gasteiger partial charge is 0.410 e. The highest BCUT2D eigenvalue weighted by atomic mass is 32.2. The van der Waals surface area contributed by atoms with Gasteiger partial charge in [-0.3, -0.25) is 0 Å². The summed E-state index contributed by atoms with van der Waals surface area (Å²) < 4.78 is 30.9. The van der Waals surface area contributed by atoms with E-state index in [4.69, 9.17) is 13.5 Å². The van der Waals surface area contributed by atoms with Gasteiger partial charge in [0.1, 0.15) is 11.6 Å². The van der Waals surface area contributed by atoms with Gasteiger partial charge in [0, 0.05) is 37.0 Å². The van der Waals surface area contributed by atoms with Crippen LogP contribution in [0.25, 0.3) is 0 Å². The molecule has 1 aromatic carbocycles. The van der Waals surface area contributed by atoms with Crippen molar-refractivity contribution >= 4 is 23.8 Å². The maximum atomic E-state index is 14.6. The summed E-state index contributed by atoms with van der Waals surface area (Å²) in [5, 5.41) is 0. The molecule has 0 N–H and O–H groups in total. The molecule has 2 fully saturated rings. The molecule has 0 unspecified atom stereocenters. The Morgan fingerprint density at radius 1 is 1.21 bits per heavy atom. The third kappa shape index (κ3) is 5.80. The van der Waals surface area contributed by atoms with Crippen LogP contribution in [0.5, 0.6) is 0 Å². The molecule has 0 aliphatic carbocycles. The molecule has 10 heteroatoms. The van der Waals surface area contributed by atoms with Gasteiger partial charge in [-0.25, -0.2) is 19.1 Å². The van der Waals surface area contributed by atoms with Gasteiger partial charge in [0.2, 0.25) is 0 Å². The zero-order chi connectivity index (χ0) is 23.4. The Hall–Kier alpha value is -2.30. The van der Waals surface area contributed by atoms with Gasteiger partial charge in [-0.2, -0.15) is 4.33 Å². The zero-order valence-corrected chi connectivity index (χ0v) is 20.0. The number of ether oxygens (including phenoxy) is 1. The Balaban J connectivity index is 1.32. The molecule has 4 rings (SSSR count). The molecule has 1 aromatic heterocycles. The maximum absolute atomic E-state index is 14.6.